The third kappa shape index (κ3) is 15.8. The molecule has 0 atom stereocenters. The van der Waals surface area contributed by atoms with Crippen molar-refractivity contribution >= 4 is 6.29 Å². The number of hydrogen-bond acceptors (Lipinski definition) is 1. The molecule has 0 aliphatic rings. The summed E-state index contributed by atoms with van der Waals surface area (Å²) in [6, 6.07) is 0. The van der Waals surface area contributed by atoms with Gasteiger partial charge in [0.05, 0.1) is 0 Å². The number of rotatable bonds is 3. The Bertz CT molecular complexity index is 45.9. The van der Waals surface area contributed by atoms with Gasteiger partial charge in [-0.15, -0.1) is 0 Å². The van der Waals surface area contributed by atoms with Crippen LogP contribution < -0.4 is 18.9 Å². The first kappa shape index (κ1) is 15.9. The Morgan fingerprint density at radius 3 is 2.25 bits per heavy atom. The van der Waals surface area contributed by atoms with Crippen molar-refractivity contribution in [3.8, 4) is 0 Å². The van der Waals surface area contributed by atoms with Gasteiger partial charge in [0, 0.05) is 23.5 Å². The molecule has 0 fully saturated rings. The van der Waals surface area contributed by atoms with Crippen molar-refractivity contribution in [2.75, 3.05) is 0 Å². The molecule has 0 aliphatic heterocycles. The Balaban J connectivity index is -0.0000000417. The van der Waals surface area contributed by atoms with Crippen LogP contribution in [0.2, 0.25) is 0 Å². The van der Waals surface area contributed by atoms with Crippen LogP contribution >= 0.6 is 0 Å². The Hall–Kier alpha value is 0.787. The van der Waals surface area contributed by atoms with E-state index in [-0.39, 0.29) is 37.4 Å². The number of hydrogen-bond donors (Lipinski definition) is 0. The van der Waals surface area contributed by atoms with Crippen LogP contribution in [0.3, 0.4) is 0 Å². The predicted molar refractivity (Wildman–Crippen MR) is 26.7 cm³/mol. The fourth-order valence-electron chi connectivity index (χ4n) is 0.287. The third-order valence-corrected chi connectivity index (χ3v) is 0.676. The molecule has 3 heteroatoms. The number of carbonyl (C=O) groups is 1. The van der Waals surface area contributed by atoms with Crippen molar-refractivity contribution in [1.29, 1.82) is 0 Å². The van der Waals surface area contributed by atoms with Gasteiger partial charge in [-0.2, -0.15) is 0 Å². The molecule has 0 aromatic heterocycles. The van der Waals surface area contributed by atoms with Crippen molar-refractivity contribution in [2.45, 2.75) is 26.2 Å². The normalized spacial score (nSPS) is 6.12. The van der Waals surface area contributed by atoms with E-state index in [1.54, 1.807) is 0 Å². The molecule has 45 valence electrons. The molecular formula is C5H11LiMnO. The molecule has 0 unspecified atom stereocenters. The molecule has 1 radical (unpaired) electrons. The van der Waals surface area contributed by atoms with Crippen LogP contribution in [-0.4, -0.2) is 6.29 Å². The van der Waals surface area contributed by atoms with Crippen molar-refractivity contribution in [1.82, 2.24) is 0 Å². The molecule has 8 heavy (non-hydrogen) atoms. The van der Waals surface area contributed by atoms with Crippen LogP contribution in [0.5, 0.6) is 0 Å². The van der Waals surface area contributed by atoms with E-state index in [4.69, 9.17) is 0 Å². The quantitative estimate of drug-likeness (QED) is 0.271. The van der Waals surface area contributed by atoms with Gasteiger partial charge in [0.25, 0.3) is 0 Å². The molecular weight excluding hydrogens is 138 g/mol. The van der Waals surface area contributed by atoms with Gasteiger partial charge in [-0.3, -0.25) is 0 Å². The SMILES string of the molecule is CCCCC=O.[H-].[Li+].[Mn]. The minimum Gasteiger partial charge on any atom is -1.00 e. The first-order chi connectivity index (χ1) is 2.91. The van der Waals surface area contributed by atoms with Gasteiger partial charge in [0.1, 0.15) is 6.29 Å². The zero-order valence-electron chi connectivity index (χ0n) is 6.48. The molecule has 0 aromatic carbocycles. The fraction of sp³-hybridized carbons (Fsp3) is 0.800. The maximum atomic E-state index is 9.56. The molecule has 0 aromatic rings. The standard InChI is InChI=1S/C5H10O.Li.Mn.H/c1-2-3-4-5-6;;;/h5H,2-4H2,1H3;;;/q;+1;;-1. The summed E-state index contributed by atoms with van der Waals surface area (Å²) in [5.41, 5.74) is 0. The predicted octanol–water partition coefficient (Wildman–Crippen LogP) is -1.51. The average Bonchev–Trinajstić information content (AvgIpc) is 1.61. The molecule has 0 saturated heterocycles. The van der Waals surface area contributed by atoms with Crippen LogP contribution in [0, 0.1) is 0 Å². The topological polar surface area (TPSA) is 17.1 Å². The molecule has 0 amide bonds. The van der Waals surface area contributed by atoms with Crippen LogP contribution in [0.1, 0.15) is 27.6 Å². The van der Waals surface area contributed by atoms with Gasteiger partial charge < -0.3 is 6.22 Å². The minimum absolute atomic E-state index is 0. The third-order valence-electron chi connectivity index (χ3n) is 0.676. The zero-order valence-corrected chi connectivity index (χ0v) is 6.67. The Morgan fingerprint density at radius 1 is 1.62 bits per heavy atom. The molecule has 0 bridgehead atoms. The second-order valence-electron chi connectivity index (χ2n) is 1.31. The van der Waals surface area contributed by atoms with E-state index in [2.05, 4.69) is 6.92 Å². The van der Waals surface area contributed by atoms with Crippen LogP contribution in [-0.2, 0) is 21.9 Å². The molecule has 0 rings (SSSR count). The van der Waals surface area contributed by atoms with Gasteiger partial charge in [-0.05, 0) is 6.42 Å². The van der Waals surface area contributed by atoms with Crippen LogP contribution in [0.25, 0.3) is 0 Å². The van der Waals surface area contributed by atoms with Gasteiger partial charge >= 0.3 is 18.9 Å². The van der Waals surface area contributed by atoms with Crippen LogP contribution in [0.15, 0.2) is 0 Å². The summed E-state index contributed by atoms with van der Waals surface area (Å²) in [5.74, 6) is 0. The summed E-state index contributed by atoms with van der Waals surface area (Å²) < 4.78 is 0. The zero-order chi connectivity index (χ0) is 4.83. The van der Waals surface area contributed by atoms with Crippen molar-refractivity contribution in [3.63, 3.8) is 0 Å². The molecule has 0 spiro atoms. The summed E-state index contributed by atoms with van der Waals surface area (Å²) >= 11 is 0. The van der Waals surface area contributed by atoms with Crippen molar-refractivity contribution in [3.05, 3.63) is 0 Å². The van der Waals surface area contributed by atoms with E-state index < -0.39 is 0 Å². The van der Waals surface area contributed by atoms with Crippen LogP contribution in [0.4, 0.5) is 0 Å². The van der Waals surface area contributed by atoms with E-state index in [0.29, 0.717) is 0 Å². The molecule has 1 nitrogen and oxygen atoms in total. The molecule has 0 N–H and O–H groups in total. The van der Waals surface area contributed by atoms with E-state index in [1.807, 2.05) is 0 Å². The molecule has 0 saturated carbocycles. The average molecular weight is 149 g/mol. The second kappa shape index (κ2) is 15.7. The second-order valence-corrected chi connectivity index (χ2v) is 1.31. The number of carbonyl (C=O) groups excluding carboxylic acids is 1. The van der Waals surface area contributed by atoms with E-state index in [0.717, 1.165) is 25.5 Å². The van der Waals surface area contributed by atoms with Gasteiger partial charge in [-0.1, -0.05) is 13.3 Å². The van der Waals surface area contributed by atoms with Crippen molar-refractivity contribution < 1.29 is 42.2 Å². The fourth-order valence-corrected chi connectivity index (χ4v) is 0.287. The first-order valence-electron chi connectivity index (χ1n) is 2.35. The Morgan fingerprint density at radius 2 is 2.12 bits per heavy atom. The van der Waals surface area contributed by atoms with E-state index in [1.165, 1.54) is 0 Å². The van der Waals surface area contributed by atoms with Crippen molar-refractivity contribution in [2.24, 2.45) is 0 Å². The summed E-state index contributed by atoms with van der Waals surface area (Å²) in [4.78, 5) is 9.56. The summed E-state index contributed by atoms with van der Waals surface area (Å²) in [5, 5.41) is 0. The number of unbranched alkanes of at least 4 members (excludes halogenated alkanes) is 2. The number of aldehydes is 1. The molecule has 0 heterocycles. The smallest absolute Gasteiger partial charge is 1.00 e. The summed E-state index contributed by atoms with van der Waals surface area (Å²) in [6.45, 7) is 2.07. The maximum absolute atomic E-state index is 9.56. The maximum Gasteiger partial charge on any atom is 1.00 e. The van der Waals surface area contributed by atoms with E-state index >= 15 is 0 Å². The summed E-state index contributed by atoms with van der Waals surface area (Å²) in [6.07, 6.45) is 3.86. The first-order valence-corrected chi connectivity index (χ1v) is 2.35. The van der Waals surface area contributed by atoms with Gasteiger partial charge in [-0.25, -0.2) is 0 Å². The van der Waals surface area contributed by atoms with E-state index in [9.17, 15) is 4.79 Å². The van der Waals surface area contributed by atoms with Gasteiger partial charge in [0.15, 0.2) is 0 Å². The Kier molecular flexibility index (Phi) is 31.1. The minimum atomic E-state index is 0. The largest absolute Gasteiger partial charge is 1.00 e. The monoisotopic (exact) mass is 149 g/mol. The molecule has 0 aliphatic carbocycles. The summed E-state index contributed by atoms with van der Waals surface area (Å²) in [7, 11) is 0. The Labute approximate surface area is 74.7 Å². The van der Waals surface area contributed by atoms with Gasteiger partial charge in [0.2, 0.25) is 0 Å².